The summed E-state index contributed by atoms with van der Waals surface area (Å²) in [6.07, 6.45) is 5.01. The van der Waals surface area contributed by atoms with Crippen LogP contribution in [0.1, 0.15) is 53.2 Å². The third-order valence-corrected chi connectivity index (χ3v) is 6.26. The van der Waals surface area contributed by atoms with Gasteiger partial charge in [-0.05, 0) is 68.0 Å². The van der Waals surface area contributed by atoms with Gasteiger partial charge in [0.05, 0.1) is 23.5 Å². The molecule has 0 radical (unpaired) electrons. The molecule has 3 unspecified atom stereocenters. The van der Waals surface area contributed by atoms with Crippen LogP contribution in [0.25, 0.3) is 11.0 Å². The van der Waals surface area contributed by atoms with Gasteiger partial charge in [0.1, 0.15) is 5.65 Å². The lowest BCUT2D eigenvalue weighted by Crippen LogP contribution is -2.40. The summed E-state index contributed by atoms with van der Waals surface area (Å²) in [6.45, 7) is 7.57. The molecular weight excluding hydrogens is 374 g/mol. The van der Waals surface area contributed by atoms with Crippen LogP contribution < -0.4 is 10.6 Å². The lowest BCUT2D eigenvalue weighted by molar-refractivity contribution is 0.102. The van der Waals surface area contributed by atoms with Crippen molar-refractivity contribution in [1.82, 2.24) is 14.9 Å². The first-order valence-corrected chi connectivity index (χ1v) is 10.4. The highest BCUT2D eigenvalue weighted by Gasteiger charge is 2.30. The Morgan fingerprint density at radius 1 is 1.37 bits per heavy atom. The zero-order valence-corrected chi connectivity index (χ0v) is 17.9. The topological polar surface area (TPSA) is 82.7 Å². The molecule has 3 atom stereocenters. The Bertz CT molecular complexity index is 1160. The number of amides is 1. The van der Waals surface area contributed by atoms with E-state index in [4.69, 9.17) is 5.26 Å². The number of carbonyl (C=O) groups is 1. The van der Waals surface area contributed by atoms with E-state index in [9.17, 15) is 4.79 Å². The number of anilines is 1. The average Bonchev–Trinajstić information content (AvgIpc) is 3.08. The first-order chi connectivity index (χ1) is 14.4. The first-order valence-electron chi connectivity index (χ1n) is 10.4. The molecule has 2 aromatic heterocycles. The third kappa shape index (κ3) is 3.57. The van der Waals surface area contributed by atoms with E-state index >= 15 is 0 Å². The molecule has 4 rings (SSSR count). The predicted molar refractivity (Wildman–Crippen MR) is 119 cm³/mol. The molecule has 3 aromatic rings. The van der Waals surface area contributed by atoms with Crippen LogP contribution in [0.5, 0.6) is 0 Å². The fraction of sp³-hybridized carbons (Fsp3) is 0.375. The van der Waals surface area contributed by atoms with Gasteiger partial charge in [0.25, 0.3) is 5.91 Å². The zero-order valence-electron chi connectivity index (χ0n) is 17.9. The maximum absolute atomic E-state index is 12.8. The third-order valence-electron chi connectivity index (χ3n) is 6.26. The molecule has 1 aliphatic rings. The van der Waals surface area contributed by atoms with Gasteiger partial charge < -0.3 is 15.2 Å². The van der Waals surface area contributed by atoms with Gasteiger partial charge in [0.2, 0.25) is 0 Å². The largest absolute Gasteiger partial charge is 0.335 e. The average molecular weight is 402 g/mol. The quantitative estimate of drug-likeness (QED) is 0.692. The molecule has 1 fully saturated rings. The van der Waals surface area contributed by atoms with Gasteiger partial charge in [0, 0.05) is 30.2 Å². The molecule has 1 aliphatic heterocycles. The molecule has 30 heavy (non-hydrogen) atoms. The maximum Gasteiger partial charge on any atom is 0.255 e. The monoisotopic (exact) mass is 401 g/mol. The van der Waals surface area contributed by atoms with Crippen molar-refractivity contribution in [2.24, 2.45) is 13.0 Å². The number of aryl methyl sites for hydroxylation is 2. The fourth-order valence-corrected chi connectivity index (χ4v) is 4.53. The Hall–Kier alpha value is -3.17. The molecular formula is C24H27N5O. The van der Waals surface area contributed by atoms with Crippen molar-refractivity contribution >= 4 is 22.6 Å². The number of nitrogens with one attached hydrogen (secondary N) is 2. The van der Waals surface area contributed by atoms with E-state index in [2.05, 4.69) is 46.3 Å². The van der Waals surface area contributed by atoms with Crippen LogP contribution in [0.15, 0.2) is 36.7 Å². The number of fused-ring (bicyclic) bond motifs is 1. The Morgan fingerprint density at radius 3 is 2.93 bits per heavy atom. The van der Waals surface area contributed by atoms with E-state index in [0.717, 1.165) is 29.6 Å². The van der Waals surface area contributed by atoms with E-state index < -0.39 is 0 Å². The SMILES string of the molecule is Cc1c(NC(=O)c2cccc(C#N)c2)cnc2c1c(C1CC(C)NCC1C)cn2C. The summed E-state index contributed by atoms with van der Waals surface area (Å²) in [4.78, 5) is 17.5. The van der Waals surface area contributed by atoms with E-state index in [-0.39, 0.29) is 5.91 Å². The Labute approximate surface area is 176 Å². The molecule has 2 N–H and O–H groups in total. The van der Waals surface area contributed by atoms with E-state index in [1.807, 2.05) is 14.0 Å². The minimum Gasteiger partial charge on any atom is -0.335 e. The molecule has 1 aromatic carbocycles. The summed E-state index contributed by atoms with van der Waals surface area (Å²) in [5.41, 5.74) is 4.90. The fourth-order valence-electron chi connectivity index (χ4n) is 4.53. The van der Waals surface area contributed by atoms with Crippen molar-refractivity contribution in [2.45, 2.75) is 39.2 Å². The Kier molecular flexibility index (Phi) is 5.31. The van der Waals surface area contributed by atoms with E-state index in [0.29, 0.717) is 34.7 Å². The molecule has 1 amide bonds. The second kappa shape index (κ2) is 7.92. The summed E-state index contributed by atoms with van der Waals surface area (Å²) in [7, 11) is 2.03. The summed E-state index contributed by atoms with van der Waals surface area (Å²) in [6, 6.07) is 9.27. The van der Waals surface area contributed by atoms with Crippen molar-refractivity contribution in [3.05, 3.63) is 58.9 Å². The van der Waals surface area contributed by atoms with Crippen LogP contribution in [0, 0.1) is 24.2 Å². The number of nitriles is 1. The maximum atomic E-state index is 12.8. The normalized spacial score (nSPS) is 21.4. The van der Waals surface area contributed by atoms with Crippen molar-refractivity contribution in [3.63, 3.8) is 0 Å². The minimum absolute atomic E-state index is 0.238. The Morgan fingerprint density at radius 2 is 2.17 bits per heavy atom. The van der Waals surface area contributed by atoms with Gasteiger partial charge in [-0.15, -0.1) is 0 Å². The zero-order chi connectivity index (χ0) is 21.4. The number of pyridine rings is 1. The van der Waals surface area contributed by atoms with Crippen LogP contribution in [0.3, 0.4) is 0 Å². The second-order valence-corrected chi connectivity index (χ2v) is 8.47. The van der Waals surface area contributed by atoms with Crippen LogP contribution >= 0.6 is 0 Å². The number of hydrogen-bond donors (Lipinski definition) is 2. The van der Waals surface area contributed by atoms with Gasteiger partial charge in [-0.25, -0.2) is 4.98 Å². The highest BCUT2D eigenvalue weighted by molar-refractivity contribution is 6.06. The number of benzene rings is 1. The molecule has 6 nitrogen and oxygen atoms in total. The van der Waals surface area contributed by atoms with Crippen LogP contribution in [0.2, 0.25) is 0 Å². The molecule has 154 valence electrons. The summed E-state index contributed by atoms with van der Waals surface area (Å²) < 4.78 is 2.08. The summed E-state index contributed by atoms with van der Waals surface area (Å²) in [5.74, 6) is 0.736. The summed E-state index contributed by atoms with van der Waals surface area (Å²) in [5, 5.41) is 16.8. The van der Waals surface area contributed by atoms with Crippen molar-refractivity contribution in [3.8, 4) is 6.07 Å². The van der Waals surface area contributed by atoms with Gasteiger partial charge >= 0.3 is 0 Å². The van der Waals surface area contributed by atoms with Gasteiger partial charge in [-0.3, -0.25) is 4.79 Å². The Balaban J connectivity index is 1.73. The lowest BCUT2D eigenvalue weighted by Gasteiger charge is -2.34. The number of aromatic nitrogens is 2. The van der Waals surface area contributed by atoms with Crippen molar-refractivity contribution < 1.29 is 4.79 Å². The number of carbonyl (C=O) groups excluding carboxylic acids is 1. The van der Waals surface area contributed by atoms with Crippen LogP contribution in [-0.2, 0) is 7.05 Å². The smallest absolute Gasteiger partial charge is 0.255 e. The molecule has 0 spiro atoms. The molecule has 0 saturated carbocycles. The number of piperidine rings is 1. The van der Waals surface area contributed by atoms with Crippen LogP contribution in [0.4, 0.5) is 5.69 Å². The number of hydrogen-bond acceptors (Lipinski definition) is 4. The lowest BCUT2D eigenvalue weighted by atomic mass is 9.79. The summed E-state index contributed by atoms with van der Waals surface area (Å²) >= 11 is 0. The van der Waals surface area contributed by atoms with Gasteiger partial charge in [-0.1, -0.05) is 13.0 Å². The predicted octanol–water partition coefficient (Wildman–Crippen LogP) is 4.11. The van der Waals surface area contributed by atoms with Gasteiger partial charge in [0.15, 0.2) is 0 Å². The standard InChI is InChI=1S/C24H27N5O/c1-14-11-26-15(2)8-19(14)20-13-29(4)23-22(20)16(3)21(12-27-23)28-24(30)18-7-5-6-17(9-18)10-25/h5-7,9,12-15,19,26H,8,11H2,1-4H3,(H,28,30). The van der Waals surface area contributed by atoms with Crippen molar-refractivity contribution in [1.29, 1.82) is 5.26 Å². The molecule has 6 heteroatoms. The van der Waals surface area contributed by atoms with Crippen LogP contribution in [-0.4, -0.2) is 28.0 Å². The molecule has 3 heterocycles. The minimum atomic E-state index is -0.238. The molecule has 0 bridgehead atoms. The van der Waals surface area contributed by atoms with E-state index in [1.165, 1.54) is 5.56 Å². The van der Waals surface area contributed by atoms with Gasteiger partial charge in [-0.2, -0.15) is 5.26 Å². The molecule has 0 aliphatic carbocycles. The number of rotatable bonds is 3. The highest BCUT2D eigenvalue weighted by atomic mass is 16.1. The molecule has 1 saturated heterocycles. The van der Waals surface area contributed by atoms with E-state index in [1.54, 1.807) is 30.5 Å². The second-order valence-electron chi connectivity index (χ2n) is 8.47. The van der Waals surface area contributed by atoms with Crippen molar-refractivity contribution in [2.75, 3.05) is 11.9 Å². The number of nitrogens with zero attached hydrogens (tertiary/aromatic N) is 3. The first kappa shape index (κ1) is 20.1. The highest BCUT2D eigenvalue weighted by Crippen LogP contribution is 2.39.